The molecule has 0 heterocycles. The molecule has 0 aliphatic heterocycles. The average molecular weight is 332 g/mol. The quantitative estimate of drug-likeness (QED) is 0.516. The molecule has 2 aromatic carbocycles. The van der Waals surface area contributed by atoms with Crippen molar-refractivity contribution in [3.8, 4) is 0 Å². The number of nitrogens with one attached hydrogen (secondary N) is 1. The first-order valence-corrected chi connectivity index (χ1v) is 7.38. The molecule has 2 rings (SSSR count). The Bertz CT molecular complexity index is 712. The van der Waals surface area contributed by atoms with Crippen molar-refractivity contribution < 1.29 is 9.63 Å². The molecule has 23 heavy (non-hydrogen) atoms. The number of hydrogen-bond acceptors (Lipinski definition) is 4. The zero-order valence-corrected chi connectivity index (χ0v) is 14.0. The van der Waals surface area contributed by atoms with Crippen LogP contribution in [-0.2, 0) is 4.84 Å². The van der Waals surface area contributed by atoms with Crippen LogP contribution in [0.1, 0.15) is 11.1 Å². The monoisotopic (exact) mass is 331 g/mol. The first kappa shape index (κ1) is 16.8. The van der Waals surface area contributed by atoms with Crippen LogP contribution in [0.3, 0.4) is 0 Å². The summed E-state index contributed by atoms with van der Waals surface area (Å²) >= 11 is 5.99. The molecule has 5 nitrogen and oxygen atoms in total. The molecular weight excluding hydrogens is 314 g/mol. The number of carbonyl (C=O) groups is 1. The van der Waals surface area contributed by atoms with Gasteiger partial charge >= 0.3 is 6.09 Å². The van der Waals surface area contributed by atoms with Gasteiger partial charge in [-0.1, -0.05) is 35.0 Å². The summed E-state index contributed by atoms with van der Waals surface area (Å²) in [5.74, 6) is 0. The van der Waals surface area contributed by atoms with E-state index in [9.17, 15) is 4.79 Å². The number of oxime groups is 1. The predicted molar refractivity (Wildman–Crippen MR) is 94.7 cm³/mol. The van der Waals surface area contributed by atoms with E-state index in [1.165, 1.54) is 6.21 Å². The van der Waals surface area contributed by atoms with Crippen LogP contribution in [0.4, 0.5) is 16.2 Å². The summed E-state index contributed by atoms with van der Waals surface area (Å²) in [7, 11) is 3.93. The minimum atomic E-state index is -0.675. The van der Waals surface area contributed by atoms with Gasteiger partial charge in [-0.2, -0.15) is 0 Å². The number of hydrogen-bond donors (Lipinski definition) is 1. The maximum absolute atomic E-state index is 11.6. The van der Waals surface area contributed by atoms with Crippen molar-refractivity contribution in [1.82, 2.24) is 0 Å². The highest BCUT2D eigenvalue weighted by molar-refractivity contribution is 6.31. The summed E-state index contributed by atoms with van der Waals surface area (Å²) in [6, 6.07) is 12.9. The Morgan fingerprint density at radius 1 is 1.22 bits per heavy atom. The number of rotatable bonds is 4. The molecular formula is C17H18ClN3O2. The number of amides is 1. The van der Waals surface area contributed by atoms with Gasteiger partial charge in [-0.25, -0.2) is 4.79 Å². The molecule has 0 aliphatic carbocycles. The maximum Gasteiger partial charge on any atom is 0.437 e. The number of anilines is 2. The van der Waals surface area contributed by atoms with Gasteiger partial charge in [0.25, 0.3) is 0 Å². The van der Waals surface area contributed by atoms with Gasteiger partial charge in [0.05, 0.1) is 6.21 Å². The number of nitrogens with zero attached hydrogens (tertiary/aromatic N) is 2. The Kier molecular flexibility index (Phi) is 5.60. The SMILES string of the molecule is Cc1ccc(NC(=O)ON=Cc2ccc(N(C)C)cc2)cc1Cl. The molecule has 0 fully saturated rings. The van der Waals surface area contributed by atoms with E-state index in [1.54, 1.807) is 12.1 Å². The van der Waals surface area contributed by atoms with E-state index in [2.05, 4.69) is 10.5 Å². The fourth-order valence-corrected chi connectivity index (χ4v) is 1.99. The summed E-state index contributed by atoms with van der Waals surface area (Å²) in [5, 5.41) is 6.80. The highest BCUT2D eigenvalue weighted by Gasteiger charge is 2.04. The normalized spacial score (nSPS) is 10.6. The lowest BCUT2D eigenvalue weighted by Gasteiger charge is -2.11. The summed E-state index contributed by atoms with van der Waals surface area (Å²) in [6.07, 6.45) is 0.798. The number of halogens is 1. The topological polar surface area (TPSA) is 53.9 Å². The molecule has 2 aromatic rings. The van der Waals surface area contributed by atoms with Gasteiger partial charge in [-0.15, -0.1) is 0 Å². The minimum Gasteiger partial charge on any atom is -0.378 e. The van der Waals surface area contributed by atoms with Crippen molar-refractivity contribution in [2.24, 2.45) is 5.16 Å². The summed E-state index contributed by atoms with van der Waals surface area (Å²) in [4.78, 5) is 18.4. The number of benzene rings is 2. The lowest BCUT2D eigenvalue weighted by Crippen LogP contribution is -2.11. The largest absolute Gasteiger partial charge is 0.437 e. The van der Waals surface area contributed by atoms with Crippen LogP contribution in [0.5, 0.6) is 0 Å². The molecule has 0 atom stereocenters. The van der Waals surface area contributed by atoms with Gasteiger partial charge in [0.2, 0.25) is 0 Å². The predicted octanol–water partition coefficient (Wildman–Crippen LogP) is 4.30. The smallest absolute Gasteiger partial charge is 0.378 e. The van der Waals surface area contributed by atoms with Crippen molar-refractivity contribution in [3.63, 3.8) is 0 Å². The summed E-state index contributed by atoms with van der Waals surface area (Å²) < 4.78 is 0. The second kappa shape index (κ2) is 7.65. The molecule has 0 aliphatic rings. The number of carbonyl (C=O) groups excluding carboxylic acids is 1. The van der Waals surface area contributed by atoms with Crippen LogP contribution in [0.15, 0.2) is 47.6 Å². The van der Waals surface area contributed by atoms with E-state index in [0.29, 0.717) is 10.7 Å². The molecule has 0 radical (unpaired) electrons. The fourth-order valence-electron chi connectivity index (χ4n) is 1.80. The lowest BCUT2D eigenvalue weighted by molar-refractivity contribution is 0.167. The Hall–Kier alpha value is -2.53. The Morgan fingerprint density at radius 3 is 2.52 bits per heavy atom. The van der Waals surface area contributed by atoms with Crippen molar-refractivity contribution in [2.75, 3.05) is 24.3 Å². The van der Waals surface area contributed by atoms with E-state index >= 15 is 0 Å². The maximum atomic E-state index is 11.6. The first-order chi connectivity index (χ1) is 11.0. The van der Waals surface area contributed by atoms with Crippen LogP contribution in [0.2, 0.25) is 5.02 Å². The van der Waals surface area contributed by atoms with Gasteiger partial charge in [0.1, 0.15) is 0 Å². The molecule has 1 N–H and O–H groups in total. The zero-order valence-electron chi connectivity index (χ0n) is 13.2. The summed E-state index contributed by atoms with van der Waals surface area (Å²) in [6.45, 7) is 1.89. The Labute approximate surface area is 140 Å². The van der Waals surface area contributed by atoms with Crippen LogP contribution in [0.25, 0.3) is 0 Å². The third-order valence-corrected chi connectivity index (χ3v) is 3.57. The second-order valence-electron chi connectivity index (χ2n) is 5.19. The van der Waals surface area contributed by atoms with Crippen LogP contribution in [0, 0.1) is 6.92 Å². The van der Waals surface area contributed by atoms with E-state index in [1.807, 2.05) is 56.3 Å². The third kappa shape index (κ3) is 5.00. The molecule has 0 saturated carbocycles. The van der Waals surface area contributed by atoms with Gasteiger partial charge < -0.3 is 4.90 Å². The molecule has 120 valence electrons. The molecule has 0 bridgehead atoms. The van der Waals surface area contributed by atoms with Gasteiger partial charge in [-0.05, 0) is 42.3 Å². The standard InChI is InChI=1S/C17H18ClN3O2/c1-12-4-7-14(10-16(12)18)20-17(22)23-19-11-13-5-8-15(9-6-13)21(2)3/h4-11H,1-3H3,(H,20,22). The first-order valence-electron chi connectivity index (χ1n) is 7.00. The van der Waals surface area contributed by atoms with Crippen LogP contribution in [-0.4, -0.2) is 26.4 Å². The molecule has 0 spiro atoms. The average Bonchev–Trinajstić information content (AvgIpc) is 2.51. The minimum absolute atomic E-state index is 0.552. The van der Waals surface area contributed by atoms with Crippen LogP contribution >= 0.6 is 11.6 Å². The van der Waals surface area contributed by atoms with Crippen molar-refractivity contribution in [2.45, 2.75) is 6.92 Å². The van der Waals surface area contributed by atoms with Crippen molar-refractivity contribution in [3.05, 3.63) is 58.6 Å². The highest BCUT2D eigenvalue weighted by Crippen LogP contribution is 2.20. The van der Waals surface area contributed by atoms with Gasteiger partial charge in [-0.3, -0.25) is 10.2 Å². The lowest BCUT2D eigenvalue weighted by atomic mass is 10.2. The van der Waals surface area contributed by atoms with Gasteiger partial charge in [0, 0.05) is 30.5 Å². The summed E-state index contributed by atoms with van der Waals surface area (Å²) in [5.41, 5.74) is 3.40. The van der Waals surface area contributed by atoms with Crippen LogP contribution < -0.4 is 10.2 Å². The fraction of sp³-hybridized carbons (Fsp3) is 0.176. The van der Waals surface area contributed by atoms with E-state index < -0.39 is 6.09 Å². The Balaban J connectivity index is 1.89. The van der Waals surface area contributed by atoms with Crippen molar-refractivity contribution in [1.29, 1.82) is 0 Å². The van der Waals surface area contributed by atoms with E-state index in [0.717, 1.165) is 16.8 Å². The Morgan fingerprint density at radius 2 is 1.91 bits per heavy atom. The molecule has 0 unspecified atom stereocenters. The molecule has 0 saturated heterocycles. The van der Waals surface area contributed by atoms with Gasteiger partial charge in [0.15, 0.2) is 0 Å². The molecule has 0 aromatic heterocycles. The molecule has 6 heteroatoms. The van der Waals surface area contributed by atoms with E-state index in [4.69, 9.17) is 16.4 Å². The van der Waals surface area contributed by atoms with Crippen molar-refractivity contribution >= 4 is 35.3 Å². The number of aryl methyl sites for hydroxylation is 1. The van der Waals surface area contributed by atoms with E-state index in [-0.39, 0.29) is 0 Å². The molecule has 1 amide bonds. The highest BCUT2D eigenvalue weighted by atomic mass is 35.5. The zero-order chi connectivity index (χ0) is 16.8. The second-order valence-corrected chi connectivity index (χ2v) is 5.60. The third-order valence-electron chi connectivity index (χ3n) is 3.17.